The zero-order valence-electron chi connectivity index (χ0n) is 12.5. The van der Waals surface area contributed by atoms with Crippen LogP contribution < -0.4 is 0 Å². The Morgan fingerprint density at radius 1 is 0.692 bits per heavy atom. The summed E-state index contributed by atoms with van der Waals surface area (Å²) in [5, 5.41) is 0. The van der Waals surface area contributed by atoms with Crippen LogP contribution in [0.25, 0.3) is 0 Å². The molecule has 0 bridgehead atoms. The van der Waals surface area contributed by atoms with Crippen molar-refractivity contribution in [3.05, 3.63) is 0 Å². The van der Waals surface area contributed by atoms with Crippen LogP contribution >= 0.6 is 0 Å². The first-order valence-electron chi connectivity index (χ1n) is 6.97. The van der Waals surface area contributed by atoms with Crippen molar-refractivity contribution >= 4 is 29.0 Å². The van der Waals surface area contributed by atoms with Crippen LogP contribution in [0.1, 0.15) is 12.8 Å². The Morgan fingerprint density at radius 3 is 1.38 bits per heavy atom. The molecule has 0 rings (SSSR count). The van der Waals surface area contributed by atoms with Crippen molar-refractivity contribution in [3.8, 4) is 0 Å². The van der Waals surface area contributed by atoms with Crippen molar-refractivity contribution in [1.29, 1.82) is 0 Å². The molecule has 0 aliphatic rings. The molecule has 154 valence electrons. The molecule has 8 atom stereocenters. The molecule has 0 heterocycles. The van der Waals surface area contributed by atoms with Gasteiger partial charge in [-0.05, 0) is 12.8 Å². The molecule has 0 spiro atoms. The normalized spacial score (nSPS) is 21.6. The van der Waals surface area contributed by atoms with Crippen LogP contribution in [0, 0.1) is 0 Å². The summed E-state index contributed by atoms with van der Waals surface area (Å²) in [6, 6.07) is 0. The molecule has 8 unspecified atom stereocenters. The Balaban J connectivity index is 0. The summed E-state index contributed by atoms with van der Waals surface area (Å²) in [7, 11) is -5.11. The topological polar surface area (TPSA) is 54.4 Å². The zero-order chi connectivity index (χ0) is 19.9. The molecular weight excluding hydrogens is 402 g/mol. The maximum atomic E-state index is 13.4. The van der Waals surface area contributed by atoms with E-state index in [-0.39, 0.29) is 18.9 Å². The van der Waals surface area contributed by atoms with E-state index in [1.165, 1.54) is 0 Å². The van der Waals surface area contributed by atoms with Gasteiger partial charge < -0.3 is 0 Å². The van der Waals surface area contributed by atoms with Gasteiger partial charge in [0.05, 0.1) is 6.67 Å². The summed E-state index contributed by atoms with van der Waals surface area (Å²) in [4.78, 5) is 0. The second kappa shape index (κ2) is 12.4. The van der Waals surface area contributed by atoms with E-state index in [9.17, 15) is 47.9 Å². The Morgan fingerprint density at radius 2 is 1.04 bits per heavy atom. The second-order valence-corrected chi connectivity index (χ2v) is 6.78. The van der Waals surface area contributed by atoms with Crippen molar-refractivity contribution in [2.75, 3.05) is 12.4 Å². The van der Waals surface area contributed by atoms with E-state index in [1.807, 2.05) is 0 Å². The van der Waals surface area contributed by atoms with Crippen molar-refractivity contribution in [1.82, 2.24) is 0 Å². The van der Waals surface area contributed by atoms with Crippen molar-refractivity contribution in [2.24, 2.45) is 0 Å². The zero-order valence-corrected chi connectivity index (χ0v) is 13.3. The summed E-state index contributed by atoms with van der Waals surface area (Å²) in [6.45, 7) is -1.09. The third kappa shape index (κ3) is 9.19. The number of rotatable bonds is 12. The maximum absolute atomic E-state index is 13.4. The molecule has 0 aromatic rings. The number of halogens is 9. The van der Waals surface area contributed by atoms with Crippen LogP contribution in [-0.2, 0) is 10.1 Å². The van der Waals surface area contributed by atoms with Gasteiger partial charge in [-0.25, -0.2) is 35.1 Å². The predicted molar refractivity (Wildman–Crippen MR) is 77.9 cm³/mol. The van der Waals surface area contributed by atoms with Crippen LogP contribution in [0.4, 0.5) is 39.5 Å². The standard InChI is InChI=1S/C12H17F9O3S.Li.H/c13-3-1-2-5(14)7(16)9(18)11(20)12(21)10(19)8(17)6(15)4-25(22,23)24;;/h5-12H,1-4H2,(H,22,23,24);;. The first-order chi connectivity index (χ1) is 11.3. The fourth-order valence-electron chi connectivity index (χ4n) is 1.83. The van der Waals surface area contributed by atoms with Gasteiger partial charge in [0, 0.05) is 0 Å². The number of alkyl halides is 9. The molecule has 0 aliphatic heterocycles. The molecule has 0 amide bonds. The summed E-state index contributed by atoms with van der Waals surface area (Å²) < 4.78 is 147. The molecule has 0 aromatic carbocycles. The summed E-state index contributed by atoms with van der Waals surface area (Å²) in [5.74, 6) is -1.97. The molecule has 0 saturated carbocycles. The van der Waals surface area contributed by atoms with E-state index in [0.717, 1.165) is 0 Å². The van der Waals surface area contributed by atoms with Gasteiger partial charge in [-0.1, -0.05) is 0 Å². The fourth-order valence-corrected chi connectivity index (χ4v) is 2.41. The van der Waals surface area contributed by atoms with Crippen LogP contribution in [0.3, 0.4) is 0 Å². The van der Waals surface area contributed by atoms with Crippen LogP contribution in [0.5, 0.6) is 0 Å². The monoisotopic (exact) mass is 420 g/mol. The molecule has 0 saturated heterocycles. The summed E-state index contributed by atoms with van der Waals surface area (Å²) in [6.07, 6.45) is -29.2. The van der Waals surface area contributed by atoms with E-state index in [2.05, 4.69) is 0 Å². The van der Waals surface area contributed by atoms with E-state index in [1.54, 1.807) is 0 Å². The first-order valence-corrected chi connectivity index (χ1v) is 8.58. The van der Waals surface area contributed by atoms with Gasteiger partial charge in [0.2, 0.25) is 0 Å². The molecule has 1 N–H and O–H groups in total. The predicted octanol–water partition coefficient (Wildman–Crippen LogP) is 2.68. The third-order valence-corrected chi connectivity index (χ3v) is 3.94. The van der Waals surface area contributed by atoms with Crippen molar-refractivity contribution in [3.63, 3.8) is 0 Å². The molecule has 0 aromatic heterocycles. The van der Waals surface area contributed by atoms with Crippen molar-refractivity contribution < 1.29 is 52.5 Å². The molecule has 0 fully saturated rings. The average molecular weight is 420 g/mol. The van der Waals surface area contributed by atoms with E-state index >= 15 is 0 Å². The van der Waals surface area contributed by atoms with Gasteiger partial charge in [0.1, 0.15) is 11.9 Å². The number of hydrogen-bond acceptors (Lipinski definition) is 2. The van der Waals surface area contributed by atoms with Gasteiger partial charge in [-0.15, -0.1) is 0 Å². The van der Waals surface area contributed by atoms with Gasteiger partial charge in [-0.3, -0.25) is 8.94 Å². The SMILES string of the molecule is O=S(=O)(O)CC(F)C(F)C(F)C(F)C(F)C(F)C(F)C(F)CCCF.[LiH]. The van der Waals surface area contributed by atoms with Gasteiger partial charge >= 0.3 is 18.9 Å². The van der Waals surface area contributed by atoms with Crippen molar-refractivity contribution in [2.45, 2.75) is 62.2 Å². The Bertz CT molecular complexity index is 487. The van der Waals surface area contributed by atoms with Gasteiger partial charge in [-0.2, -0.15) is 8.42 Å². The minimum absolute atomic E-state index is 0. The molecule has 3 nitrogen and oxygen atoms in total. The molecule has 26 heavy (non-hydrogen) atoms. The van der Waals surface area contributed by atoms with Crippen LogP contribution in [-0.4, -0.2) is 93.6 Å². The van der Waals surface area contributed by atoms with Gasteiger partial charge in [0.15, 0.2) is 43.2 Å². The molecule has 0 aliphatic carbocycles. The minimum atomic E-state index is -5.11. The first kappa shape index (κ1) is 28.1. The Kier molecular flexibility index (Phi) is 13.4. The molecular formula is C12H18F9LiO3S. The summed E-state index contributed by atoms with van der Waals surface area (Å²) >= 11 is 0. The van der Waals surface area contributed by atoms with Gasteiger partial charge in [0.25, 0.3) is 10.1 Å². The average Bonchev–Trinajstić information content (AvgIpc) is 2.53. The van der Waals surface area contributed by atoms with Crippen LogP contribution in [0.2, 0.25) is 0 Å². The Labute approximate surface area is 156 Å². The molecule has 14 heteroatoms. The Hall–Kier alpha value is -0.123. The summed E-state index contributed by atoms with van der Waals surface area (Å²) in [5.41, 5.74) is 0. The van der Waals surface area contributed by atoms with E-state index in [4.69, 9.17) is 4.55 Å². The second-order valence-electron chi connectivity index (χ2n) is 5.28. The van der Waals surface area contributed by atoms with Crippen LogP contribution in [0.15, 0.2) is 0 Å². The van der Waals surface area contributed by atoms with E-state index in [0.29, 0.717) is 0 Å². The fraction of sp³-hybridized carbons (Fsp3) is 1.00. The number of hydrogen-bond donors (Lipinski definition) is 1. The molecule has 0 radical (unpaired) electrons. The quantitative estimate of drug-likeness (QED) is 0.300. The third-order valence-electron chi connectivity index (χ3n) is 3.20. The van der Waals surface area contributed by atoms with E-state index < -0.39 is 84.8 Å².